The number of benzene rings is 3. The summed E-state index contributed by atoms with van der Waals surface area (Å²) in [6.45, 7) is -3.02. The van der Waals surface area contributed by atoms with E-state index in [1.165, 1.54) is 36.4 Å². The zero-order valence-electron chi connectivity index (χ0n) is 27.1. The molecule has 2 aromatic carbocycles. The molecule has 0 unspecified atom stereocenters. The van der Waals surface area contributed by atoms with E-state index in [1.54, 1.807) is 0 Å². The molecular formula is C33H32N4O15. The third-order valence-electron chi connectivity index (χ3n) is 7.41. The molecule has 0 atom stereocenters. The highest BCUT2D eigenvalue weighted by Crippen LogP contribution is 2.45. The van der Waals surface area contributed by atoms with Crippen molar-refractivity contribution in [2.24, 2.45) is 5.73 Å². The van der Waals surface area contributed by atoms with E-state index in [9.17, 15) is 48.9 Å². The minimum Gasteiger partial charge on any atom is -0.506 e. The van der Waals surface area contributed by atoms with Crippen molar-refractivity contribution in [3.8, 4) is 33.9 Å². The zero-order chi connectivity index (χ0) is 38.1. The first kappa shape index (κ1) is 38.1. The zero-order valence-corrected chi connectivity index (χ0v) is 27.1. The average Bonchev–Trinajstić information content (AvgIpc) is 3.04. The smallest absolute Gasteiger partial charge is 0.323 e. The molecule has 1 aliphatic heterocycles. The number of carboxylic acids is 4. The predicted octanol–water partition coefficient (Wildman–Crippen LogP) is 0.780. The number of carbonyl (C=O) groups is 6. The first-order valence-corrected chi connectivity index (χ1v) is 15.2. The van der Waals surface area contributed by atoms with Crippen molar-refractivity contribution < 1.29 is 68.2 Å². The number of hydrogen-bond donors (Lipinski definition) is 7. The van der Waals surface area contributed by atoms with E-state index in [0.29, 0.717) is 12.0 Å². The number of fused-ring (bicyclic) bond motifs is 2. The molecule has 0 saturated carbocycles. The van der Waals surface area contributed by atoms with Gasteiger partial charge in [-0.05, 0) is 29.8 Å². The van der Waals surface area contributed by atoms with Crippen molar-refractivity contribution >= 4 is 58.5 Å². The molecule has 0 saturated heterocycles. The number of aliphatic carboxylic acids is 4. The summed E-state index contributed by atoms with van der Waals surface area (Å²) in [4.78, 5) is 83.8. The molecule has 52 heavy (non-hydrogen) atoms. The van der Waals surface area contributed by atoms with Crippen LogP contribution in [0.25, 0.3) is 33.4 Å². The second kappa shape index (κ2) is 16.8. The molecule has 1 heterocycles. The largest absolute Gasteiger partial charge is 0.506 e. The Morgan fingerprint density at radius 2 is 1.50 bits per heavy atom. The minimum atomic E-state index is -1.35. The molecular weight excluding hydrogens is 692 g/mol. The van der Waals surface area contributed by atoms with Crippen LogP contribution in [0.4, 0.5) is 11.4 Å². The molecule has 0 fully saturated rings. The first-order valence-electron chi connectivity index (χ1n) is 15.2. The van der Waals surface area contributed by atoms with Crippen molar-refractivity contribution in [1.82, 2.24) is 4.90 Å². The Bertz CT molecular complexity index is 2030. The number of hydrogen-bond acceptors (Lipinski definition) is 13. The Hall–Kier alpha value is -6.73. The standard InChI is InChI=1S/C33H32N4O15/c34-33(49)18-8-19-25(10-23(18)39)52-26-11-24(40)21(35-16-38)9-20(26)32(19)17-1-2-22(37(14-30(45)46)15-31(47)48)27(7-17)51-6-5-50-4-3-36(12-28(41)42)13-29(43)44/h1-2,7-11,16,40H,3-6,12-15H2,(H2,34,49)(H,35,38)(H,41,42)(H,43,44)(H,45,46)(H,47,48). The Balaban J connectivity index is 1.81. The quantitative estimate of drug-likeness (QED) is 0.0287. The molecule has 8 N–H and O–H groups in total. The molecule has 1 aliphatic carbocycles. The van der Waals surface area contributed by atoms with Crippen LogP contribution in [0, 0.1) is 0 Å². The summed E-state index contributed by atoms with van der Waals surface area (Å²) >= 11 is 0. The maximum atomic E-state index is 12.7. The SMILES string of the molecule is NC(=O)c1cc2c(-c3ccc(N(CC(=O)O)CC(=O)O)c(OCCOCCN(CC(=O)O)CC(=O)O)c3)c3cc(NC=O)c(O)cc3oc-2cc1=O. The van der Waals surface area contributed by atoms with Crippen LogP contribution in [0.1, 0.15) is 10.4 Å². The van der Waals surface area contributed by atoms with Gasteiger partial charge in [0.15, 0.2) is 5.43 Å². The summed E-state index contributed by atoms with van der Waals surface area (Å²) in [5, 5.41) is 50.2. The Morgan fingerprint density at radius 3 is 2.10 bits per heavy atom. The van der Waals surface area contributed by atoms with E-state index in [-0.39, 0.29) is 82.7 Å². The molecule has 2 amide bonds. The summed E-state index contributed by atoms with van der Waals surface area (Å²) in [7, 11) is 0. The van der Waals surface area contributed by atoms with Gasteiger partial charge in [-0.25, -0.2) is 0 Å². The first-order chi connectivity index (χ1) is 24.7. The normalized spacial score (nSPS) is 11.0. The summed E-state index contributed by atoms with van der Waals surface area (Å²) in [5.74, 6) is -6.63. The van der Waals surface area contributed by atoms with Crippen LogP contribution in [0.2, 0.25) is 0 Å². The third-order valence-corrected chi connectivity index (χ3v) is 7.41. The third kappa shape index (κ3) is 9.49. The summed E-state index contributed by atoms with van der Waals surface area (Å²) in [6, 6.07) is 9.10. The lowest BCUT2D eigenvalue weighted by atomic mass is 9.91. The van der Waals surface area contributed by atoms with Gasteiger partial charge in [-0.1, -0.05) is 6.07 Å². The second-order valence-corrected chi connectivity index (χ2v) is 11.1. The number of carboxylic acid groups (broad SMARTS) is 4. The summed E-state index contributed by atoms with van der Waals surface area (Å²) in [5.41, 5.74) is 5.15. The Labute approximate surface area is 292 Å². The number of ether oxygens (including phenoxy) is 2. The van der Waals surface area contributed by atoms with Crippen molar-refractivity contribution in [3.63, 3.8) is 0 Å². The van der Waals surface area contributed by atoms with Gasteiger partial charge in [0.1, 0.15) is 42.5 Å². The van der Waals surface area contributed by atoms with Crippen LogP contribution in [0.5, 0.6) is 11.5 Å². The van der Waals surface area contributed by atoms with Gasteiger partial charge in [0, 0.05) is 35.2 Å². The molecule has 2 aromatic rings. The number of rotatable bonds is 20. The molecule has 4 rings (SSSR count). The van der Waals surface area contributed by atoms with Gasteiger partial charge in [0.05, 0.1) is 43.2 Å². The average molecular weight is 725 g/mol. The van der Waals surface area contributed by atoms with E-state index >= 15 is 0 Å². The molecule has 2 aliphatic rings. The summed E-state index contributed by atoms with van der Waals surface area (Å²) < 4.78 is 17.4. The number of phenolic OH excluding ortho intramolecular Hbond substituents is 1. The van der Waals surface area contributed by atoms with Crippen molar-refractivity contribution in [2.45, 2.75) is 0 Å². The molecule has 19 nitrogen and oxygen atoms in total. The van der Waals surface area contributed by atoms with Crippen molar-refractivity contribution in [1.29, 1.82) is 0 Å². The topological polar surface area (TPSA) is 297 Å². The van der Waals surface area contributed by atoms with Crippen LogP contribution < -0.4 is 26.1 Å². The lowest BCUT2D eigenvalue weighted by molar-refractivity contribution is -0.142. The van der Waals surface area contributed by atoms with E-state index < -0.39 is 61.4 Å². The lowest BCUT2D eigenvalue weighted by Crippen LogP contribution is -2.37. The molecule has 274 valence electrons. The fraction of sp³-hybridized carbons (Fsp3) is 0.242. The number of nitrogens with one attached hydrogen (secondary N) is 1. The highest BCUT2D eigenvalue weighted by atomic mass is 16.5. The van der Waals surface area contributed by atoms with Crippen LogP contribution in [0.15, 0.2) is 51.7 Å². The molecule has 0 spiro atoms. The van der Waals surface area contributed by atoms with E-state index in [1.807, 2.05) is 0 Å². The number of nitrogens with zero attached hydrogens (tertiary/aromatic N) is 2. The number of carbonyl (C=O) groups excluding carboxylic acids is 2. The van der Waals surface area contributed by atoms with E-state index in [0.717, 1.165) is 15.9 Å². The summed E-state index contributed by atoms with van der Waals surface area (Å²) in [6.07, 6.45) is 0.325. The van der Waals surface area contributed by atoms with Gasteiger partial charge in [-0.15, -0.1) is 0 Å². The fourth-order valence-electron chi connectivity index (χ4n) is 5.34. The second-order valence-electron chi connectivity index (χ2n) is 11.1. The monoisotopic (exact) mass is 724 g/mol. The molecule has 0 aromatic heterocycles. The molecule has 0 bridgehead atoms. The van der Waals surface area contributed by atoms with E-state index in [4.69, 9.17) is 29.8 Å². The fourth-order valence-corrected chi connectivity index (χ4v) is 5.34. The number of phenols is 1. The van der Waals surface area contributed by atoms with E-state index in [2.05, 4.69) is 5.32 Å². The van der Waals surface area contributed by atoms with Crippen LogP contribution >= 0.6 is 0 Å². The number of amides is 2. The van der Waals surface area contributed by atoms with Crippen LogP contribution in [-0.2, 0) is 28.7 Å². The number of anilines is 2. The number of primary amides is 1. The van der Waals surface area contributed by atoms with Gasteiger partial charge in [-0.3, -0.25) is 38.5 Å². The van der Waals surface area contributed by atoms with Crippen molar-refractivity contribution in [2.75, 3.05) is 62.8 Å². The number of nitrogens with two attached hydrogens (primary N) is 1. The molecule has 19 heteroatoms. The maximum Gasteiger partial charge on any atom is 0.323 e. The minimum absolute atomic E-state index is 0.0221. The lowest BCUT2D eigenvalue weighted by Gasteiger charge is -2.25. The van der Waals surface area contributed by atoms with Crippen molar-refractivity contribution in [3.05, 3.63) is 58.3 Å². The van der Waals surface area contributed by atoms with Crippen LogP contribution in [-0.4, -0.2) is 119 Å². The predicted molar refractivity (Wildman–Crippen MR) is 180 cm³/mol. The van der Waals surface area contributed by atoms with Gasteiger partial charge in [0.25, 0.3) is 5.91 Å². The highest BCUT2D eigenvalue weighted by Gasteiger charge is 2.25. The Kier molecular flexibility index (Phi) is 12.3. The number of aromatic hydroxyl groups is 1. The van der Waals surface area contributed by atoms with Gasteiger partial charge in [-0.2, -0.15) is 0 Å². The van der Waals surface area contributed by atoms with Gasteiger partial charge >= 0.3 is 23.9 Å². The van der Waals surface area contributed by atoms with Gasteiger partial charge < -0.3 is 55.4 Å². The van der Waals surface area contributed by atoms with Gasteiger partial charge in [0.2, 0.25) is 6.41 Å². The maximum absolute atomic E-state index is 12.7. The highest BCUT2D eigenvalue weighted by molar-refractivity contribution is 6.06. The molecule has 0 radical (unpaired) electrons. The van der Waals surface area contributed by atoms with Crippen LogP contribution in [0.3, 0.4) is 0 Å². The Morgan fingerprint density at radius 1 is 0.846 bits per heavy atom.